The SMILES string of the molecule is CC(C)(O)c1nccc2ccccc12. The quantitative estimate of drug-likeness (QED) is 0.744. The highest BCUT2D eigenvalue weighted by Gasteiger charge is 2.19. The van der Waals surface area contributed by atoms with Gasteiger partial charge in [-0.2, -0.15) is 0 Å². The van der Waals surface area contributed by atoms with E-state index in [1.54, 1.807) is 20.0 Å². The summed E-state index contributed by atoms with van der Waals surface area (Å²) in [5, 5.41) is 12.1. The van der Waals surface area contributed by atoms with E-state index < -0.39 is 5.60 Å². The molecule has 2 rings (SSSR count). The summed E-state index contributed by atoms with van der Waals surface area (Å²) in [7, 11) is 0. The van der Waals surface area contributed by atoms with Crippen LogP contribution in [0.15, 0.2) is 36.5 Å². The lowest BCUT2D eigenvalue weighted by atomic mass is 9.99. The monoisotopic (exact) mass is 187 g/mol. The van der Waals surface area contributed by atoms with Gasteiger partial charge in [0.2, 0.25) is 0 Å². The van der Waals surface area contributed by atoms with Crippen LogP contribution in [0.2, 0.25) is 0 Å². The number of hydrogen-bond donors (Lipinski definition) is 1. The summed E-state index contributed by atoms with van der Waals surface area (Å²) in [6.07, 6.45) is 1.73. The molecule has 0 aliphatic rings. The number of fused-ring (bicyclic) bond motifs is 1. The predicted molar refractivity (Wildman–Crippen MR) is 57.0 cm³/mol. The Morgan fingerprint density at radius 2 is 1.86 bits per heavy atom. The Bertz CT molecular complexity index is 452. The van der Waals surface area contributed by atoms with Gasteiger partial charge in [0, 0.05) is 11.6 Å². The summed E-state index contributed by atoms with van der Waals surface area (Å²) in [6.45, 7) is 3.50. The molecule has 0 saturated carbocycles. The Kier molecular flexibility index (Phi) is 2.01. The van der Waals surface area contributed by atoms with Crippen LogP contribution < -0.4 is 0 Å². The second kappa shape index (κ2) is 3.07. The molecule has 0 aliphatic carbocycles. The van der Waals surface area contributed by atoms with Crippen molar-refractivity contribution >= 4 is 10.8 Å². The van der Waals surface area contributed by atoms with E-state index in [4.69, 9.17) is 0 Å². The molecule has 72 valence electrons. The third-order valence-corrected chi connectivity index (χ3v) is 2.25. The Morgan fingerprint density at radius 1 is 1.14 bits per heavy atom. The molecule has 0 spiro atoms. The van der Waals surface area contributed by atoms with E-state index in [0.717, 1.165) is 16.5 Å². The molecule has 2 nitrogen and oxygen atoms in total. The fraction of sp³-hybridized carbons (Fsp3) is 0.250. The third kappa shape index (κ3) is 1.49. The molecule has 0 radical (unpaired) electrons. The first-order valence-electron chi connectivity index (χ1n) is 4.65. The van der Waals surface area contributed by atoms with Gasteiger partial charge in [0.1, 0.15) is 5.60 Å². The lowest BCUT2D eigenvalue weighted by molar-refractivity contribution is 0.0756. The Morgan fingerprint density at radius 3 is 2.57 bits per heavy atom. The summed E-state index contributed by atoms with van der Waals surface area (Å²) in [4.78, 5) is 4.23. The largest absolute Gasteiger partial charge is 0.384 e. The summed E-state index contributed by atoms with van der Waals surface area (Å²) >= 11 is 0. The summed E-state index contributed by atoms with van der Waals surface area (Å²) in [5.41, 5.74) is -0.156. The topological polar surface area (TPSA) is 33.1 Å². The molecular formula is C12H13NO. The van der Waals surface area contributed by atoms with Crippen molar-refractivity contribution < 1.29 is 5.11 Å². The second-order valence-electron chi connectivity index (χ2n) is 3.94. The van der Waals surface area contributed by atoms with Gasteiger partial charge in [-0.05, 0) is 25.3 Å². The first-order valence-corrected chi connectivity index (χ1v) is 4.65. The van der Waals surface area contributed by atoms with Gasteiger partial charge in [-0.3, -0.25) is 4.98 Å². The molecule has 1 heterocycles. The van der Waals surface area contributed by atoms with Gasteiger partial charge in [0.15, 0.2) is 0 Å². The Labute approximate surface area is 83.2 Å². The van der Waals surface area contributed by atoms with Crippen molar-refractivity contribution in [1.82, 2.24) is 4.98 Å². The molecule has 14 heavy (non-hydrogen) atoms. The van der Waals surface area contributed by atoms with Crippen LogP contribution in [0, 0.1) is 0 Å². The minimum absolute atomic E-state index is 0.732. The van der Waals surface area contributed by atoms with Crippen molar-refractivity contribution in [2.45, 2.75) is 19.4 Å². The molecule has 1 N–H and O–H groups in total. The molecule has 0 unspecified atom stereocenters. The van der Waals surface area contributed by atoms with Crippen molar-refractivity contribution in [3.05, 3.63) is 42.2 Å². The molecule has 2 aromatic rings. The van der Waals surface area contributed by atoms with E-state index in [1.165, 1.54) is 0 Å². The highest BCUT2D eigenvalue weighted by molar-refractivity contribution is 5.84. The zero-order valence-corrected chi connectivity index (χ0v) is 8.36. The molecule has 0 aliphatic heterocycles. The maximum absolute atomic E-state index is 9.92. The summed E-state index contributed by atoms with van der Waals surface area (Å²) in [5.74, 6) is 0. The number of aliphatic hydroxyl groups is 1. The number of aromatic nitrogens is 1. The normalized spacial score (nSPS) is 11.9. The van der Waals surface area contributed by atoms with Gasteiger partial charge in [-0.1, -0.05) is 24.3 Å². The number of nitrogens with zero attached hydrogens (tertiary/aromatic N) is 1. The average Bonchev–Trinajstić information content (AvgIpc) is 2.15. The molecule has 0 fully saturated rings. The summed E-state index contributed by atoms with van der Waals surface area (Å²) < 4.78 is 0. The molecule has 0 amide bonds. The maximum Gasteiger partial charge on any atom is 0.102 e. The fourth-order valence-electron chi connectivity index (χ4n) is 1.61. The molecule has 1 aromatic heterocycles. The van der Waals surface area contributed by atoms with Crippen LogP contribution in [0.4, 0.5) is 0 Å². The van der Waals surface area contributed by atoms with Crippen LogP contribution in [-0.2, 0) is 5.60 Å². The van der Waals surface area contributed by atoms with Crippen LogP contribution in [0.1, 0.15) is 19.5 Å². The third-order valence-electron chi connectivity index (χ3n) is 2.25. The molecule has 2 heteroatoms. The fourth-order valence-corrected chi connectivity index (χ4v) is 1.61. The zero-order chi connectivity index (χ0) is 10.2. The van der Waals surface area contributed by atoms with E-state index >= 15 is 0 Å². The minimum atomic E-state index is -0.888. The van der Waals surface area contributed by atoms with Crippen molar-refractivity contribution in [1.29, 1.82) is 0 Å². The lowest BCUT2D eigenvalue weighted by Gasteiger charge is -2.18. The summed E-state index contributed by atoms with van der Waals surface area (Å²) in [6, 6.07) is 9.89. The number of benzene rings is 1. The van der Waals surface area contributed by atoms with Gasteiger partial charge in [-0.15, -0.1) is 0 Å². The first-order chi connectivity index (χ1) is 6.59. The number of hydrogen-bond acceptors (Lipinski definition) is 2. The van der Waals surface area contributed by atoms with E-state index in [1.807, 2.05) is 30.3 Å². The van der Waals surface area contributed by atoms with Crippen molar-refractivity contribution in [3.63, 3.8) is 0 Å². The van der Waals surface area contributed by atoms with E-state index in [-0.39, 0.29) is 0 Å². The number of rotatable bonds is 1. The van der Waals surface area contributed by atoms with Crippen LogP contribution in [0.5, 0.6) is 0 Å². The smallest absolute Gasteiger partial charge is 0.102 e. The van der Waals surface area contributed by atoms with Crippen molar-refractivity contribution in [2.24, 2.45) is 0 Å². The van der Waals surface area contributed by atoms with Crippen LogP contribution in [-0.4, -0.2) is 10.1 Å². The van der Waals surface area contributed by atoms with Crippen LogP contribution in [0.25, 0.3) is 10.8 Å². The van der Waals surface area contributed by atoms with Crippen LogP contribution >= 0.6 is 0 Å². The van der Waals surface area contributed by atoms with Gasteiger partial charge in [0.05, 0.1) is 5.69 Å². The molecule has 1 aromatic carbocycles. The molecule has 0 bridgehead atoms. The Balaban J connectivity index is 2.78. The van der Waals surface area contributed by atoms with Gasteiger partial charge >= 0.3 is 0 Å². The molecule has 0 atom stereocenters. The maximum atomic E-state index is 9.92. The van der Waals surface area contributed by atoms with E-state index in [0.29, 0.717) is 0 Å². The Hall–Kier alpha value is -1.41. The molecular weight excluding hydrogens is 174 g/mol. The van der Waals surface area contributed by atoms with Crippen molar-refractivity contribution in [3.8, 4) is 0 Å². The highest BCUT2D eigenvalue weighted by atomic mass is 16.3. The van der Waals surface area contributed by atoms with Crippen LogP contribution in [0.3, 0.4) is 0 Å². The van der Waals surface area contributed by atoms with Gasteiger partial charge < -0.3 is 5.11 Å². The number of pyridine rings is 1. The minimum Gasteiger partial charge on any atom is -0.384 e. The molecule has 0 saturated heterocycles. The second-order valence-corrected chi connectivity index (χ2v) is 3.94. The average molecular weight is 187 g/mol. The first kappa shape index (κ1) is 9.16. The van der Waals surface area contributed by atoms with Crippen molar-refractivity contribution in [2.75, 3.05) is 0 Å². The standard InChI is InChI=1S/C12H13NO/c1-12(2,14)11-10-6-4-3-5-9(10)7-8-13-11/h3-8,14H,1-2H3. The van der Waals surface area contributed by atoms with Gasteiger partial charge in [0.25, 0.3) is 0 Å². The van der Waals surface area contributed by atoms with Gasteiger partial charge in [-0.25, -0.2) is 0 Å². The van der Waals surface area contributed by atoms with E-state index in [2.05, 4.69) is 4.98 Å². The zero-order valence-electron chi connectivity index (χ0n) is 8.36. The van der Waals surface area contributed by atoms with E-state index in [9.17, 15) is 5.11 Å². The lowest BCUT2D eigenvalue weighted by Crippen LogP contribution is -2.17. The predicted octanol–water partition coefficient (Wildman–Crippen LogP) is 2.46. The highest BCUT2D eigenvalue weighted by Crippen LogP contribution is 2.25.